The second-order valence-corrected chi connectivity index (χ2v) is 14.6. The van der Waals surface area contributed by atoms with Gasteiger partial charge in [-0.2, -0.15) is 0 Å². The predicted octanol–water partition coefficient (Wildman–Crippen LogP) is 11.7. The third-order valence-corrected chi connectivity index (χ3v) is 9.55. The van der Waals surface area contributed by atoms with Crippen molar-refractivity contribution in [3.63, 3.8) is 0 Å². The Morgan fingerprint density at radius 1 is 0.655 bits per heavy atom. The molecule has 6 rings (SSSR count). The van der Waals surface area contributed by atoms with Gasteiger partial charge < -0.3 is 23.9 Å². The summed E-state index contributed by atoms with van der Waals surface area (Å²) in [5, 5.41) is 9.56. The Kier molecular flexibility index (Phi) is 13.9. The summed E-state index contributed by atoms with van der Waals surface area (Å²) in [6.45, 7) is 5.74. The normalized spacial score (nSPS) is 10.7. The Balaban J connectivity index is 0.000000223. The maximum absolute atomic E-state index is 13.2. The number of carboxylic acids is 1. The van der Waals surface area contributed by atoms with E-state index in [2.05, 4.69) is 31.9 Å². The lowest BCUT2D eigenvalue weighted by Crippen LogP contribution is -2.06. The topological polar surface area (TPSA) is 94.8 Å². The summed E-state index contributed by atoms with van der Waals surface area (Å²) in [7, 11) is 0. The van der Waals surface area contributed by atoms with Crippen molar-refractivity contribution < 1.29 is 37.7 Å². The van der Waals surface area contributed by atoms with E-state index in [9.17, 15) is 28.3 Å². The highest BCUT2D eigenvalue weighted by Crippen LogP contribution is 2.36. The monoisotopic (exact) mass is 871 g/mol. The van der Waals surface area contributed by atoms with Crippen LogP contribution in [0, 0.1) is 25.5 Å². The minimum atomic E-state index is -0.957. The number of carboxylic acid groups (broad SMARTS) is 1. The smallest absolute Gasteiger partial charge is 0.336 e. The number of aromatic nitrogens is 1. The van der Waals surface area contributed by atoms with E-state index in [1.165, 1.54) is 31.2 Å². The molecule has 11 heteroatoms. The number of carbonyl (C=O) groups is 3. The van der Waals surface area contributed by atoms with Gasteiger partial charge in [-0.05, 0) is 122 Å². The second-order valence-electron chi connectivity index (χ2n) is 12.7. The van der Waals surface area contributed by atoms with E-state index in [0.29, 0.717) is 29.2 Å². The number of ketones is 2. The summed E-state index contributed by atoms with van der Waals surface area (Å²) < 4.78 is 41.6. The molecule has 0 fully saturated rings. The van der Waals surface area contributed by atoms with Gasteiger partial charge in [-0.3, -0.25) is 4.79 Å². The number of carbonyl (C=O) groups excluding carboxylic acids is 2. The van der Waals surface area contributed by atoms with Gasteiger partial charge in [0, 0.05) is 38.7 Å². The van der Waals surface area contributed by atoms with Crippen molar-refractivity contribution in [2.24, 2.45) is 0 Å². The predicted molar refractivity (Wildman–Crippen MR) is 215 cm³/mol. The average Bonchev–Trinajstić information content (AvgIpc) is 3.55. The van der Waals surface area contributed by atoms with Gasteiger partial charge in [0.2, 0.25) is 0 Å². The summed E-state index contributed by atoms with van der Waals surface area (Å²) >= 11 is 6.87. The quantitative estimate of drug-likeness (QED) is 0.116. The van der Waals surface area contributed by atoms with E-state index < -0.39 is 5.97 Å². The molecule has 1 N–H and O–H groups in total. The van der Waals surface area contributed by atoms with Gasteiger partial charge >= 0.3 is 5.97 Å². The fourth-order valence-electron chi connectivity index (χ4n) is 5.65. The zero-order chi connectivity index (χ0) is 39.6. The molecule has 0 bridgehead atoms. The fraction of sp³-hybridized carbons (Fsp3) is 0.159. The molecule has 0 unspecified atom stereocenters. The lowest BCUT2D eigenvalue weighted by atomic mass is 10.0. The molecule has 0 aliphatic heterocycles. The van der Waals surface area contributed by atoms with E-state index in [1.807, 2.05) is 54.0 Å². The van der Waals surface area contributed by atoms with E-state index in [1.54, 1.807) is 55.5 Å². The third-order valence-electron chi connectivity index (χ3n) is 8.56. The van der Waals surface area contributed by atoms with E-state index >= 15 is 0 Å². The van der Waals surface area contributed by atoms with E-state index in [-0.39, 0.29) is 48.2 Å². The second kappa shape index (κ2) is 18.8. The lowest BCUT2D eigenvalue weighted by Gasteiger charge is -2.17. The molecule has 0 saturated heterocycles. The molecule has 0 spiro atoms. The van der Waals surface area contributed by atoms with Crippen molar-refractivity contribution in [1.82, 2.24) is 4.57 Å². The van der Waals surface area contributed by atoms with Gasteiger partial charge in [0.25, 0.3) is 0 Å². The third kappa shape index (κ3) is 11.1. The molecule has 0 amide bonds. The number of halogens is 4. The highest BCUT2D eigenvalue weighted by molar-refractivity contribution is 9.10. The average molecular weight is 874 g/mol. The molecule has 0 atom stereocenters. The number of benzene rings is 5. The van der Waals surface area contributed by atoms with Crippen molar-refractivity contribution >= 4 is 49.4 Å². The molecule has 5 aromatic carbocycles. The largest absolute Gasteiger partial charge is 0.488 e. The molecule has 282 valence electrons. The number of ether oxygens (including phenoxy) is 2. The summed E-state index contributed by atoms with van der Waals surface area (Å²) in [5.74, 6) is -0.601. The van der Waals surface area contributed by atoms with Gasteiger partial charge in [-0.1, -0.05) is 62.2 Å². The van der Waals surface area contributed by atoms with Crippen molar-refractivity contribution in [2.45, 2.75) is 46.8 Å². The van der Waals surface area contributed by atoms with E-state index in [4.69, 9.17) is 9.47 Å². The highest BCUT2D eigenvalue weighted by Gasteiger charge is 2.18. The van der Waals surface area contributed by atoms with Gasteiger partial charge in [0.15, 0.2) is 5.78 Å². The maximum atomic E-state index is 13.2. The van der Waals surface area contributed by atoms with Crippen molar-refractivity contribution in [1.29, 1.82) is 0 Å². The first-order chi connectivity index (χ1) is 26.3. The Morgan fingerprint density at radius 3 is 1.80 bits per heavy atom. The fourth-order valence-corrected chi connectivity index (χ4v) is 6.38. The summed E-state index contributed by atoms with van der Waals surface area (Å²) in [5.41, 5.74) is 6.52. The Labute approximate surface area is 334 Å². The molecule has 0 aliphatic carbocycles. The number of aromatic carboxylic acids is 1. The number of Topliss-reactive ketones (excluding diaryl/α,β-unsaturated/α-hetero) is 2. The Bertz CT molecular complexity index is 2320. The SMILES string of the molecule is CC(=O)CCC(=O)c1cc(Br)ccc1OCc1ccc(F)cc1.Cc1ccc(-n2c(C)ccc2-c2cc(Br)ccc2OCc2ccc(F)cc2)cc1C(=O)O. The molecule has 0 radical (unpaired) electrons. The molecular formula is C44H37Br2F2NO6. The lowest BCUT2D eigenvalue weighted by molar-refractivity contribution is -0.117. The van der Waals surface area contributed by atoms with Crippen LogP contribution in [0.15, 0.2) is 124 Å². The first kappa shape index (κ1) is 40.8. The standard InChI is InChI=1S/C26H21BrFNO3.C18H16BrFO3/c1-16-3-10-21(14-22(16)26(30)31)29-17(2)4-11-24(29)23-13-19(27)7-12-25(23)32-15-18-5-8-20(28)9-6-18;1-12(21)2-8-17(22)16-10-14(19)5-9-18(16)23-11-13-3-6-15(20)7-4-13/h3-14H,15H2,1-2H3,(H,30,31);3-7,9-10H,2,8,11H2,1H3. The van der Waals surface area contributed by atoms with Crippen molar-refractivity contribution in [3.05, 3.63) is 169 Å². The molecule has 0 saturated carbocycles. The minimum absolute atomic E-state index is 0.0258. The van der Waals surface area contributed by atoms with Gasteiger partial charge in [-0.25, -0.2) is 13.6 Å². The number of hydrogen-bond acceptors (Lipinski definition) is 5. The zero-order valence-electron chi connectivity index (χ0n) is 30.2. The van der Waals surface area contributed by atoms with Crippen LogP contribution in [-0.2, 0) is 18.0 Å². The molecule has 0 aliphatic rings. The minimum Gasteiger partial charge on any atom is -0.488 e. The molecule has 7 nitrogen and oxygen atoms in total. The molecule has 6 aromatic rings. The first-order valence-electron chi connectivity index (χ1n) is 17.2. The molecule has 1 aromatic heterocycles. The van der Waals surface area contributed by atoms with E-state index in [0.717, 1.165) is 42.7 Å². The van der Waals surface area contributed by atoms with Crippen molar-refractivity contribution in [3.8, 4) is 28.4 Å². The van der Waals surface area contributed by atoms with Gasteiger partial charge in [0.05, 0.1) is 16.8 Å². The van der Waals surface area contributed by atoms with Crippen molar-refractivity contribution in [2.75, 3.05) is 0 Å². The molecular weight excluding hydrogens is 836 g/mol. The summed E-state index contributed by atoms with van der Waals surface area (Å²) in [4.78, 5) is 35.0. The first-order valence-corrected chi connectivity index (χ1v) is 18.8. The van der Waals surface area contributed by atoms with Crippen LogP contribution < -0.4 is 9.47 Å². The Morgan fingerprint density at radius 2 is 1.22 bits per heavy atom. The molecule has 55 heavy (non-hydrogen) atoms. The Hall–Kier alpha value is -5.39. The summed E-state index contributed by atoms with van der Waals surface area (Å²) in [6, 6.07) is 32.5. The highest BCUT2D eigenvalue weighted by atomic mass is 79.9. The van der Waals surface area contributed by atoms with Gasteiger partial charge in [0.1, 0.15) is 42.1 Å². The van der Waals surface area contributed by atoms with Crippen LogP contribution in [0.4, 0.5) is 8.78 Å². The van der Waals surface area contributed by atoms with Crippen LogP contribution >= 0.6 is 31.9 Å². The van der Waals surface area contributed by atoms with Gasteiger partial charge in [-0.15, -0.1) is 0 Å². The van der Waals surface area contributed by atoms with Crippen LogP contribution in [0.25, 0.3) is 16.9 Å². The van der Waals surface area contributed by atoms with Crippen LogP contribution in [0.1, 0.15) is 62.9 Å². The number of aryl methyl sites for hydroxylation is 2. The summed E-state index contributed by atoms with van der Waals surface area (Å²) in [6.07, 6.45) is 0.363. The zero-order valence-corrected chi connectivity index (χ0v) is 33.4. The number of hydrogen-bond donors (Lipinski definition) is 1. The van der Waals surface area contributed by atoms with Crippen LogP contribution in [0.2, 0.25) is 0 Å². The maximum Gasteiger partial charge on any atom is 0.336 e. The number of nitrogens with zero attached hydrogens (tertiary/aromatic N) is 1. The van der Waals surface area contributed by atoms with Crippen LogP contribution in [0.5, 0.6) is 11.5 Å². The molecule has 1 heterocycles. The van der Waals surface area contributed by atoms with Crippen LogP contribution in [0.3, 0.4) is 0 Å². The number of rotatable bonds is 13. The van der Waals surface area contributed by atoms with Crippen LogP contribution in [-0.4, -0.2) is 27.2 Å².